The van der Waals surface area contributed by atoms with Gasteiger partial charge in [0.25, 0.3) is 0 Å². The van der Waals surface area contributed by atoms with E-state index in [1.54, 1.807) is 6.08 Å². The van der Waals surface area contributed by atoms with Gasteiger partial charge in [-0.2, -0.15) is 0 Å². The SMILES string of the molecule is CC/C=C\C/C=C\C/C=C\C/C=C\C/C=C\CCCCCCCCCCCCCCCCCCCC(=O)NC(COC1OC(CO)C(O)C(O)C1O)C(O)/C=C/CC/C=C/CCCCCCCCCCCCCCCC. The van der Waals surface area contributed by atoms with Crippen LogP contribution in [0.1, 0.15) is 277 Å². The average Bonchev–Trinajstić information content (AvgIpc) is 3.42. The molecule has 76 heavy (non-hydrogen) atoms. The summed E-state index contributed by atoms with van der Waals surface area (Å²) in [4.78, 5) is 13.1. The number of allylic oxidation sites excluding steroid dienone is 13. The maximum atomic E-state index is 13.1. The number of aliphatic hydroxyl groups is 5. The lowest BCUT2D eigenvalue weighted by Gasteiger charge is -2.40. The van der Waals surface area contributed by atoms with Gasteiger partial charge in [0, 0.05) is 6.42 Å². The molecule has 1 amide bonds. The van der Waals surface area contributed by atoms with Crippen LogP contribution < -0.4 is 5.32 Å². The van der Waals surface area contributed by atoms with Gasteiger partial charge in [0.1, 0.15) is 24.4 Å². The lowest BCUT2D eigenvalue weighted by Crippen LogP contribution is -2.60. The van der Waals surface area contributed by atoms with E-state index in [2.05, 4.69) is 92.1 Å². The fourth-order valence-electron chi connectivity index (χ4n) is 9.73. The Hall–Kier alpha value is -2.63. The Kier molecular flexibility index (Phi) is 52.3. The minimum Gasteiger partial charge on any atom is -0.394 e. The van der Waals surface area contributed by atoms with Gasteiger partial charge in [-0.25, -0.2) is 0 Å². The van der Waals surface area contributed by atoms with Crippen molar-refractivity contribution in [2.75, 3.05) is 13.2 Å². The van der Waals surface area contributed by atoms with Crippen molar-refractivity contribution in [3.05, 3.63) is 85.1 Å². The van der Waals surface area contributed by atoms with E-state index < -0.39 is 49.5 Å². The molecule has 6 N–H and O–H groups in total. The summed E-state index contributed by atoms with van der Waals surface area (Å²) in [6.45, 7) is 3.67. The first kappa shape index (κ1) is 71.4. The molecule has 0 saturated carbocycles. The second kappa shape index (κ2) is 55.7. The summed E-state index contributed by atoms with van der Waals surface area (Å²) in [5.74, 6) is -0.186. The van der Waals surface area contributed by atoms with Crippen LogP contribution in [0.25, 0.3) is 0 Å². The molecule has 0 radical (unpaired) electrons. The van der Waals surface area contributed by atoms with Crippen LogP contribution in [0.5, 0.6) is 0 Å². The van der Waals surface area contributed by atoms with E-state index in [0.29, 0.717) is 6.42 Å². The van der Waals surface area contributed by atoms with Crippen LogP contribution >= 0.6 is 0 Å². The smallest absolute Gasteiger partial charge is 0.220 e. The van der Waals surface area contributed by atoms with Crippen molar-refractivity contribution in [1.82, 2.24) is 5.32 Å². The Labute approximate surface area is 467 Å². The van der Waals surface area contributed by atoms with Crippen molar-refractivity contribution in [3.8, 4) is 0 Å². The Morgan fingerprint density at radius 3 is 1.26 bits per heavy atom. The standard InChI is InChI=1S/C67H119NO8/c1-3-5-7-9-11-13-15-17-19-21-23-25-26-27-28-29-30-31-32-33-34-35-36-37-39-41-43-45-47-49-51-53-55-57-63(71)68-60(59-75-67-66(74)65(73)64(72)62(58-69)76-67)61(70)56-54-52-50-48-46-44-42-40-38-24-22-20-18-16-14-12-10-8-6-4-2/h5,7,11,13,17,19,23,25,27-28,46,48,54,56,60-62,64-67,69-70,72-74H,3-4,6,8-10,12,14-16,18,20-22,24,26,29-45,47,49-53,55,57-59H2,1-2H3,(H,68,71)/b7-5-,13-11-,19-17-,25-23-,28-27-,48-46+,56-54+. The molecular weight excluding hydrogens is 947 g/mol. The summed E-state index contributed by atoms with van der Waals surface area (Å²) in [6.07, 6.45) is 72.4. The molecule has 7 atom stereocenters. The lowest BCUT2D eigenvalue weighted by atomic mass is 9.99. The normalized spacial score (nSPS) is 19.4. The van der Waals surface area contributed by atoms with E-state index in [1.165, 1.54) is 186 Å². The lowest BCUT2D eigenvalue weighted by molar-refractivity contribution is -0.302. The first-order valence-electron chi connectivity index (χ1n) is 31.8. The van der Waals surface area contributed by atoms with E-state index in [-0.39, 0.29) is 12.5 Å². The summed E-state index contributed by atoms with van der Waals surface area (Å²) in [7, 11) is 0. The molecule has 0 aliphatic carbocycles. The second-order valence-electron chi connectivity index (χ2n) is 21.8. The van der Waals surface area contributed by atoms with Gasteiger partial charge in [0.2, 0.25) is 5.91 Å². The van der Waals surface area contributed by atoms with Gasteiger partial charge in [-0.1, -0.05) is 279 Å². The zero-order valence-electron chi connectivity index (χ0n) is 49.0. The van der Waals surface area contributed by atoms with E-state index in [0.717, 1.165) is 70.6 Å². The molecular formula is C67H119NO8. The van der Waals surface area contributed by atoms with Gasteiger partial charge in [-0.05, 0) is 77.0 Å². The first-order chi connectivity index (χ1) is 37.3. The van der Waals surface area contributed by atoms with Gasteiger partial charge < -0.3 is 40.3 Å². The summed E-state index contributed by atoms with van der Waals surface area (Å²) in [5, 5.41) is 54.6. The van der Waals surface area contributed by atoms with E-state index >= 15 is 0 Å². The third kappa shape index (κ3) is 44.2. The minimum atomic E-state index is -1.57. The number of hydrogen-bond acceptors (Lipinski definition) is 8. The number of rotatable bonds is 54. The first-order valence-corrected chi connectivity index (χ1v) is 31.8. The molecule has 0 aromatic carbocycles. The number of hydrogen-bond donors (Lipinski definition) is 6. The highest BCUT2D eigenvalue weighted by Crippen LogP contribution is 2.23. The number of unbranched alkanes of at least 4 members (excludes halogenated alkanes) is 32. The Bertz CT molecular complexity index is 1470. The molecule has 1 saturated heterocycles. The monoisotopic (exact) mass is 1070 g/mol. The van der Waals surface area contributed by atoms with Crippen LogP contribution in [-0.2, 0) is 14.3 Å². The summed E-state index contributed by atoms with van der Waals surface area (Å²) in [6, 6.07) is -0.825. The molecule has 1 fully saturated rings. The van der Waals surface area contributed by atoms with Crippen molar-refractivity contribution in [2.45, 2.75) is 320 Å². The second-order valence-corrected chi connectivity index (χ2v) is 21.8. The molecule has 1 heterocycles. The summed E-state index contributed by atoms with van der Waals surface area (Å²) < 4.78 is 11.3. The number of carbonyl (C=O) groups is 1. The largest absolute Gasteiger partial charge is 0.394 e. The maximum Gasteiger partial charge on any atom is 0.220 e. The molecule has 1 aliphatic rings. The number of aliphatic hydroxyl groups excluding tert-OH is 5. The highest BCUT2D eigenvalue weighted by molar-refractivity contribution is 5.76. The van der Waals surface area contributed by atoms with Gasteiger partial charge in [-0.3, -0.25) is 4.79 Å². The van der Waals surface area contributed by atoms with Crippen molar-refractivity contribution in [2.24, 2.45) is 0 Å². The predicted octanol–water partition coefficient (Wildman–Crippen LogP) is 16.6. The van der Waals surface area contributed by atoms with Crippen LogP contribution in [0.15, 0.2) is 85.1 Å². The van der Waals surface area contributed by atoms with Crippen LogP contribution in [-0.4, -0.2) is 87.5 Å². The molecule has 0 spiro atoms. The highest BCUT2D eigenvalue weighted by atomic mass is 16.7. The predicted molar refractivity (Wildman–Crippen MR) is 322 cm³/mol. The topological polar surface area (TPSA) is 149 Å². The summed E-state index contributed by atoms with van der Waals surface area (Å²) >= 11 is 0. The van der Waals surface area contributed by atoms with Crippen LogP contribution in [0.3, 0.4) is 0 Å². The van der Waals surface area contributed by atoms with Crippen molar-refractivity contribution < 1.29 is 39.8 Å². The van der Waals surface area contributed by atoms with Crippen molar-refractivity contribution in [3.63, 3.8) is 0 Å². The number of carbonyl (C=O) groups excluding carboxylic acids is 1. The number of nitrogens with one attached hydrogen (secondary N) is 1. The zero-order valence-corrected chi connectivity index (χ0v) is 49.0. The Morgan fingerprint density at radius 1 is 0.461 bits per heavy atom. The van der Waals surface area contributed by atoms with Gasteiger partial charge in [0.15, 0.2) is 6.29 Å². The van der Waals surface area contributed by atoms with Gasteiger partial charge >= 0.3 is 0 Å². The van der Waals surface area contributed by atoms with Crippen molar-refractivity contribution in [1.29, 1.82) is 0 Å². The van der Waals surface area contributed by atoms with Gasteiger partial charge in [0.05, 0.1) is 25.4 Å². The van der Waals surface area contributed by atoms with Gasteiger partial charge in [-0.15, -0.1) is 0 Å². The molecule has 9 nitrogen and oxygen atoms in total. The molecule has 7 unspecified atom stereocenters. The number of amides is 1. The maximum absolute atomic E-state index is 13.1. The van der Waals surface area contributed by atoms with E-state index in [1.807, 2.05) is 6.08 Å². The van der Waals surface area contributed by atoms with Crippen LogP contribution in [0.2, 0.25) is 0 Å². The third-order valence-corrected chi connectivity index (χ3v) is 14.7. The molecule has 0 aromatic rings. The third-order valence-electron chi connectivity index (χ3n) is 14.7. The van der Waals surface area contributed by atoms with E-state index in [4.69, 9.17) is 9.47 Å². The van der Waals surface area contributed by atoms with E-state index in [9.17, 15) is 30.3 Å². The fourth-order valence-corrected chi connectivity index (χ4v) is 9.73. The van der Waals surface area contributed by atoms with Crippen LogP contribution in [0.4, 0.5) is 0 Å². The molecule has 440 valence electrons. The molecule has 0 bridgehead atoms. The number of ether oxygens (including phenoxy) is 2. The summed E-state index contributed by atoms with van der Waals surface area (Å²) in [5.41, 5.74) is 0. The molecule has 1 rings (SSSR count). The minimum absolute atomic E-state index is 0.186. The Balaban J connectivity index is 2.16. The molecule has 0 aromatic heterocycles. The van der Waals surface area contributed by atoms with Crippen LogP contribution in [0, 0.1) is 0 Å². The highest BCUT2D eigenvalue weighted by Gasteiger charge is 2.44. The molecule has 1 aliphatic heterocycles. The average molecular weight is 1070 g/mol. The van der Waals surface area contributed by atoms with Crippen molar-refractivity contribution >= 4 is 5.91 Å². The quantitative estimate of drug-likeness (QED) is 0.0261. The molecule has 9 heteroatoms. The Morgan fingerprint density at radius 2 is 0.829 bits per heavy atom. The zero-order chi connectivity index (χ0) is 55.0. The fraction of sp³-hybridized carbons (Fsp3) is 0.776.